The summed E-state index contributed by atoms with van der Waals surface area (Å²) in [4.78, 5) is 0. The maximum atomic E-state index is 8.74. The summed E-state index contributed by atoms with van der Waals surface area (Å²) < 4.78 is 66.2. The van der Waals surface area contributed by atoms with Crippen LogP contribution < -0.4 is 66.6 Å². The van der Waals surface area contributed by atoms with Gasteiger partial charge in [-0.2, -0.15) is 8.42 Å². The second-order valence-electron chi connectivity index (χ2n) is 0.856. The summed E-state index contributed by atoms with van der Waals surface area (Å²) in [5.74, 6) is 0. The molecule has 0 aromatic heterocycles. The first-order valence-corrected chi connectivity index (χ1v) is 7.55. The van der Waals surface area contributed by atoms with Crippen LogP contribution in [0, 0.1) is 0 Å². The molecule has 0 spiro atoms. The van der Waals surface area contributed by atoms with Crippen LogP contribution in [0.2, 0.25) is 0 Å². The van der Waals surface area contributed by atoms with Crippen molar-refractivity contribution in [3.05, 3.63) is 0 Å². The van der Waals surface area contributed by atoms with Crippen molar-refractivity contribution in [2.45, 2.75) is 0 Å². The predicted molar refractivity (Wildman–Crippen MR) is 15.6 cm³/mol. The van der Waals surface area contributed by atoms with Crippen LogP contribution in [0.15, 0.2) is 0 Å². The van der Waals surface area contributed by atoms with Gasteiger partial charge in [0.2, 0.25) is 0 Å². The predicted octanol–water partition coefficient (Wildman–Crippen LogP) is -9.26. The Balaban J connectivity index is -0.0000000457. The average molecular weight is 392 g/mol. The fourth-order valence-corrected chi connectivity index (χ4v) is 0. The maximum absolute atomic E-state index is 8.74. The molecule has 0 aliphatic rings. The van der Waals surface area contributed by atoms with Gasteiger partial charge in [0.05, 0.1) is 0 Å². The molecule has 0 heterocycles. The van der Waals surface area contributed by atoms with Crippen molar-refractivity contribution in [1.29, 1.82) is 0 Å². The first kappa shape index (κ1) is 23.7. The van der Waals surface area contributed by atoms with E-state index in [2.05, 4.69) is 0 Å². The standard InChI is InChI=1S/2Na.H2O4S.4O.W/c;;1-5(2,3)4;;;;;/h;;(H2,1,2,3,4);;;;;/q2*+1;;;;2*-1;. The van der Waals surface area contributed by atoms with Crippen LogP contribution >= 0.6 is 0 Å². The zero-order valence-corrected chi connectivity index (χ0v) is 13.9. The van der Waals surface area contributed by atoms with Gasteiger partial charge >= 0.3 is 101 Å². The Morgan fingerprint density at radius 1 is 1.00 bits per heavy atom. The second-order valence-corrected chi connectivity index (χ2v) is 4.69. The number of hydrogen-bond acceptors (Lipinski definition) is 6. The topological polar surface area (TPSA) is 155 Å². The van der Waals surface area contributed by atoms with Gasteiger partial charge in [-0.1, -0.05) is 0 Å². The van der Waals surface area contributed by atoms with Gasteiger partial charge < -0.3 is 0 Å². The molecule has 0 atom stereocenters. The Morgan fingerprint density at radius 3 is 1.00 bits per heavy atom. The molecule has 0 rings (SSSR count). The molecule has 64 valence electrons. The Hall–Kier alpha value is 2.08. The summed E-state index contributed by atoms with van der Waals surface area (Å²) in [5, 5.41) is 0. The molecule has 0 aliphatic carbocycles. The zero-order valence-electron chi connectivity index (χ0n) is 6.16. The fourth-order valence-electron chi connectivity index (χ4n) is 0. The van der Waals surface area contributed by atoms with Crippen molar-refractivity contribution in [2.24, 2.45) is 0 Å². The van der Waals surface area contributed by atoms with Crippen LogP contribution in [0.4, 0.5) is 0 Å². The van der Waals surface area contributed by atoms with Crippen LogP contribution in [-0.2, 0) is 33.9 Å². The third-order valence-electron chi connectivity index (χ3n) is 0. The van der Waals surface area contributed by atoms with Crippen molar-refractivity contribution < 1.29 is 108 Å². The van der Waals surface area contributed by atoms with Crippen LogP contribution in [0.3, 0.4) is 0 Å². The summed E-state index contributed by atoms with van der Waals surface area (Å²) in [6.45, 7) is 0. The minimum atomic E-state index is -6.17. The molecule has 0 aromatic carbocycles. The summed E-state index contributed by atoms with van der Waals surface area (Å²) >= 11 is -6.17. The van der Waals surface area contributed by atoms with Crippen molar-refractivity contribution in [3.63, 3.8) is 0 Å². The molecule has 8 nitrogen and oxygen atoms in total. The molecule has 2 N–H and O–H groups in total. The Morgan fingerprint density at radius 2 is 1.00 bits per heavy atom. The van der Waals surface area contributed by atoms with Crippen LogP contribution in [0.25, 0.3) is 0 Å². The van der Waals surface area contributed by atoms with Crippen molar-refractivity contribution in [3.8, 4) is 0 Å². The van der Waals surface area contributed by atoms with Crippen molar-refractivity contribution in [2.75, 3.05) is 0 Å². The molecule has 0 saturated carbocycles. The van der Waals surface area contributed by atoms with Gasteiger partial charge in [0.25, 0.3) is 0 Å². The van der Waals surface area contributed by atoms with Gasteiger partial charge in [0, 0.05) is 0 Å². The van der Waals surface area contributed by atoms with E-state index in [-0.39, 0.29) is 59.1 Å². The fraction of sp³-hybridized carbons (Fsp3) is 0. The molecule has 12 heavy (non-hydrogen) atoms. The summed E-state index contributed by atoms with van der Waals surface area (Å²) in [6, 6.07) is 0. The molecule has 0 bridgehead atoms. The van der Waals surface area contributed by atoms with Crippen LogP contribution in [-0.4, -0.2) is 17.5 Å². The average Bonchev–Trinajstić information content (AvgIpc) is 1.12. The van der Waals surface area contributed by atoms with Gasteiger partial charge in [-0.25, -0.2) is 0 Å². The first-order valence-electron chi connectivity index (χ1n) is 1.37. The normalized spacial score (nSPS) is 9.67. The molecule has 12 heteroatoms. The molecule has 0 saturated heterocycles. The first-order chi connectivity index (χ1) is 4.00. The van der Waals surface area contributed by atoms with Crippen molar-refractivity contribution >= 4 is 10.4 Å². The van der Waals surface area contributed by atoms with E-state index in [1.807, 2.05) is 0 Å². The van der Waals surface area contributed by atoms with Gasteiger partial charge in [0.15, 0.2) is 0 Å². The van der Waals surface area contributed by atoms with Crippen LogP contribution in [0.1, 0.15) is 0 Å². The van der Waals surface area contributed by atoms with E-state index in [0.29, 0.717) is 0 Å². The SMILES string of the molecule is O=S(=O)(O)O.[Na+].[Na+].[O]=[W](=[O])([O-])[O-]. The molecule has 0 aromatic rings. The molecular weight excluding hydrogens is 390 g/mol. The Kier molecular flexibility index (Phi) is 19.0. The third kappa shape index (κ3) is 343. The van der Waals surface area contributed by atoms with E-state index in [1.54, 1.807) is 0 Å². The number of hydrogen-bond donors (Lipinski definition) is 2. The molecule has 0 amide bonds. The minimum absolute atomic E-state index is 0. The van der Waals surface area contributed by atoms with E-state index in [9.17, 15) is 0 Å². The summed E-state index contributed by atoms with van der Waals surface area (Å²) in [7, 11) is -4.67. The monoisotopic (exact) mass is 392 g/mol. The summed E-state index contributed by atoms with van der Waals surface area (Å²) in [5.41, 5.74) is 0. The van der Waals surface area contributed by atoms with E-state index in [4.69, 9.17) is 31.8 Å². The van der Waals surface area contributed by atoms with Gasteiger partial charge in [0.1, 0.15) is 0 Å². The van der Waals surface area contributed by atoms with Crippen molar-refractivity contribution in [1.82, 2.24) is 0 Å². The molecule has 0 fully saturated rings. The summed E-state index contributed by atoms with van der Waals surface area (Å²) in [6.07, 6.45) is 0. The Bertz CT molecular complexity index is 213. The van der Waals surface area contributed by atoms with E-state index >= 15 is 0 Å². The third-order valence-corrected chi connectivity index (χ3v) is 0. The zero-order chi connectivity index (χ0) is 9.00. The van der Waals surface area contributed by atoms with Gasteiger partial charge in [-0.3, -0.25) is 9.11 Å². The van der Waals surface area contributed by atoms with E-state index in [0.717, 1.165) is 0 Å². The van der Waals surface area contributed by atoms with Crippen LogP contribution in [0.5, 0.6) is 0 Å². The quantitative estimate of drug-likeness (QED) is 0.304. The second kappa shape index (κ2) is 9.63. The Labute approximate surface area is 116 Å². The van der Waals surface area contributed by atoms with E-state index in [1.165, 1.54) is 0 Å². The molecule has 0 radical (unpaired) electrons. The molecule has 0 unspecified atom stereocenters. The molecule has 0 aliphatic heterocycles. The van der Waals surface area contributed by atoms with E-state index < -0.39 is 27.1 Å². The molecular formula is H2Na2O8SW. The van der Waals surface area contributed by atoms with Gasteiger partial charge in [-0.05, 0) is 0 Å². The van der Waals surface area contributed by atoms with Gasteiger partial charge in [-0.15, -0.1) is 0 Å². The number of rotatable bonds is 0.